The molecule has 0 aromatic carbocycles. The van der Waals surface area contributed by atoms with E-state index in [9.17, 15) is 0 Å². The molecule has 1 fully saturated rings. The summed E-state index contributed by atoms with van der Waals surface area (Å²) in [5, 5.41) is 3.66. The van der Waals surface area contributed by atoms with Gasteiger partial charge < -0.3 is 5.32 Å². The number of hydrogen-bond donors (Lipinski definition) is 1. The Hall–Kier alpha value is -0.0400. The molecule has 0 aliphatic carbocycles. The van der Waals surface area contributed by atoms with Gasteiger partial charge in [0.15, 0.2) is 0 Å². The highest BCUT2D eigenvalue weighted by Gasteiger charge is 2.32. The molecule has 0 aromatic heterocycles. The molecule has 0 radical (unpaired) electrons. The maximum Gasteiger partial charge on any atom is 0.0144 e. The molecule has 0 saturated carbocycles. The van der Waals surface area contributed by atoms with E-state index in [4.69, 9.17) is 0 Å². The molecule has 0 aromatic rings. The molecule has 1 heterocycles. The smallest absolute Gasteiger partial charge is 0.0144 e. The van der Waals surface area contributed by atoms with Crippen LogP contribution < -0.4 is 5.32 Å². The summed E-state index contributed by atoms with van der Waals surface area (Å²) in [7, 11) is 0. The standard InChI is InChI=1S/C11H23N/c1-5-9-7-6-8-12-10(9)11(2,3)4/h9-10,12H,5-8H2,1-4H3. The lowest BCUT2D eigenvalue weighted by Crippen LogP contribution is -2.49. The van der Waals surface area contributed by atoms with Gasteiger partial charge in [-0.1, -0.05) is 34.1 Å². The average Bonchev–Trinajstić information content (AvgIpc) is 2.03. The predicted octanol–water partition coefficient (Wildman–Crippen LogP) is 2.81. The molecule has 2 unspecified atom stereocenters. The van der Waals surface area contributed by atoms with Gasteiger partial charge in [-0.3, -0.25) is 0 Å². The van der Waals surface area contributed by atoms with Crippen molar-refractivity contribution in [2.24, 2.45) is 11.3 Å². The number of hydrogen-bond acceptors (Lipinski definition) is 1. The van der Waals surface area contributed by atoms with Gasteiger partial charge in [0.25, 0.3) is 0 Å². The van der Waals surface area contributed by atoms with Crippen molar-refractivity contribution in [2.75, 3.05) is 6.54 Å². The monoisotopic (exact) mass is 169 g/mol. The van der Waals surface area contributed by atoms with Gasteiger partial charge in [0.05, 0.1) is 0 Å². The van der Waals surface area contributed by atoms with Crippen LogP contribution in [-0.2, 0) is 0 Å². The fraction of sp³-hybridized carbons (Fsp3) is 1.00. The second-order valence-corrected chi connectivity index (χ2v) is 5.11. The topological polar surface area (TPSA) is 12.0 Å². The van der Waals surface area contributed by atoms with Gasteiger partial charge in [-0.2, -0.15) is 0 Å². The summed E-state index contributed by atoms with van der Waals surface area (Å²) in [6, 6.07) is 0.733. The van der Waals surface area contributed by atoms with Crippen LogP contribution in [0.2, 0.25) is 0 Å². The third-order valence-electron chi connectivity index (χ3n) is 3.04. The Kier molecular flexibility index (Phi) is 3.16. The fourth-order valence-electron chi connectivity index (χ4n) is 2.41. The van der Waals surface area contributed by atoms with Gasteiger partial charge in [0.1, 0.15) is 0 Å². The molecule has 1 rings (SSSR count). The highest BCUT2D eigenvalue weighted by molar-refractivity contribution is 4.88. The van der Waals surface area contributed by atoms with Crippen molar-refractivity contribution < 1.29 is 0 Å². The molecule has 1 saturated heterocycles. The molecule has 2 atom stereocenters. The van der Waals surface area contributed by atoms with Crippen molar-refractivity contribution in [1.82, 2.24) is 5.32 Å². The molecule has 0 spiro atoms. The van der Waals surface area contributed by atoms with Crippen LogP contribution >= 0.6 is 0 Å². The van der Waals surface area contributed by atoms with Crippen LogP contribution in [0.4, 0.5) is 0 Å². The fourth-order valence-corrected chi connectivity index (χ4v) is 2.41. The quantitative estimate of drug-likeness (QED) is 0.636. The maximum atomic E-state index is 3.66. The largest absolute Gasteiger partial charge is 0.313 e. The van der Waals surface area contributed by atoms with E-state index in [-0.39, 0.29) is 0 Å². The third kappa shape index (κ3) is 2.22. The number of rotatable bonds is 1. The Morgan fingerprint density at radius 1 is 1.33 bits per heavy atom. The Labute approximate surface area is 76.9 Å². The van der Waals surface area contributed by atoms with Gasteiger partial charge in [-0.15, -0.1) is 0 Å². The van der Waals surface area contributed by atoms with Crippen LogP contribution in [0.3, 0.4) is 0 Å². The van der Waals surface area contributed by atoms with Crippen molar-refractivity contribution in [3.8, 4) is 0 Å². The van der Waals surface area contributed by atoms with Gasteiger partial charge in [0.2, 0.25) is 0 Å². The van der Waals surface area contributed by atoms with E-state index in [1.165, 1.54) is 25.8 Å². The van der Waals surface area contributed by atoms with Gasteiger partial charge in [0, 0.05) is 6.04 Å². The molecule has 1 aliphatic heterocycles. The van der Waals surface area contributed by atoms with Crippen LogP contribution in [0.5, 0.6) is 0 Å². The summed E-state index contributed by atoms with van der Waals surface area (Å²) < 4.78 is 0. The zero-order valence-electron chi connectivity index (χ0n) is 8.98. The molecule has 72 valence electrons. The summed E-state index contributed by atoms with van der Waals surface area (Å²) in [4.78, 5) is 0. The molecular weight excluding hydrogens is 146 g/mol. The minimum absolute atomic E-state index is 0.432. The van der Waals surface area contributed by atoms with E-state index >= 15 is 0 Å². The number of piperidine rings is 1. The van der Waals surface area contributed by atoms with Gasteiger partial charge in [-0.25, -0.2) is 0 Å². The Bertz CT molecular complexity index is 134. The highest BCUT2D eigenvalue weighted by Crippen LogP contribution is 2.31. The van der Waals surface area contributed by atoms with Gasteiger partial charge >= 0.3 is 0 Å². The first-order chi connectivity index (χ1) is 5.55. The lowest BCUT2D eigenvalue weighted by atomic mass is 9.74. The van der Waals surface area contributed by atoms with E-state index in [2.05, 4.69) is 33.0 Å². The minimum atomic E-state index is 0.432. The summed E-state index contributed by atoms with van der Waals surface area (Å²) in [6.07, 6.45) is 4.12. The molecule has 12 heavy (non-hydrogen) atoms. The predicted molar refractivity (Wildman–Crippen MR) is 54.3 cm³/mol. The minimum Gasteiger partial charge on any atom is -0.313 e. The van der Waals surface area contributed by atoms with Crippen molar-refractivity contribution >= 4 is 0 Å². The molecule has 1 N–H and O–H groups in total. The molecule has 0 amide bonds. The van der Waals surface area contributed by atoms with E-state index in [0.717, 1.165) is 12.0 Å². The summed E-state index contributed by atoms with van der Waals surface area (Å²) in [5.41, 5.74) is 0.432. The van der Waals surface area contributed by atoms with Crippen molar-refractivity contribution in [1.29, 1.82) is 0 Å². The number of nitrogens with one attached hydrogen (secondary N) is 1. The Morgan fingerprint density at radius 2 is 2.00 bits per heavy atom. The first-order valence-corrected chi connectivity index (χ1v) is 5.29. The Balaban J connectivity index is 2.59. The van der Waals surface area contributed by atoms with Gasteiger partial charge in [-0.05, 0) is 30.7 Å². The highest BCUT2D eigenvalue weighted by atomic mass is 14.9. The summed E-state index contributed by atoms with van der Waals surface area (Å²) in [6.45, 7) is 10.6. The van der Waals surface area contributed by atoms with Crippen molar-refractivity contribution in [2.45, 2.75) is 53.0 Å². The third-order valence-corrected chi connectivity index (χ3v) is 3.04. The van der Waals surface area contributed by atoms with E-state index in [1.807, 2.05) is 0 Å². The van der Waals surface area contributed by atoms with E-state index in [0.29, 0.717) is 5.41 Å². The van der Waals surface area contributed by atoms with E-state index < -0.39 is 0 Å². The molecule has 1 heteroatoms. The zero-order chi connectivity index (χ0) is 9.19. The Morgan fingerprint density at radius 3 is 2.42 bits per heavy atom. The van der Waals surface area contributed by atoms with Crippen molar-refractivity contribution in [3.05, 3.63) is 0 Å². The zero-order valence-corrected chi connectivity index (χ0v) is 8.98. The van der Waals surface area contributed by atoms with Crippen LogP contribution in [0.15, 0.2) is 0 Å². The second kappa shape index (κ2) is 3.78. The first-order valence-electron chi connectivity index (χ1n) is 5.29. The lowest BCUT2D eigenvalue weighted by Gasteiger charge is -2.41. The molecular formula is C11H23N. The van der Waals surface area contributed by atoms with Crippen LogP contribution in [0, 0.1) is 11.3 Å². The maximum absolute atomic E-state index is 3.66. The second-order valence-electron chi connectivity index (χ2n) is 5.11. The van der Waals surface area contributed by atoms with Crippen molar-refractivity contribution in [3.63, 3.8) is 0 Å². The average molecular weight is 169 g/mol. The van der Waals surface area contributed by atoms with Crippen LogP contribution in [0.1, 0.15) is 47.0 Å². The normalized spacial score (nSPS) is 32.0. The van der Waals surface area contributed by atoms with E-state index in [1.54, 1.807) is 0 Å². The molecule has 1 nitrogen and oxygen atoms in total. The summed E-state index contributed by atoms with van der Waals surface area (Å²) in [5.74, 6) is 0.902. The SMILES string of the molecule is CCC1CCCNC1C(C)(C)C. The van der Waals surface area contributed by atoms with Crippen LogP contribution in [0.25, 0.3) is 0 Å². The molecule has 1 aliphatic rings. The first kappa shape index (κ1) is 10.0. The molecule has 0 bridgehead atoms. The lowest BCUT2D eigenvalue weighted by molar-refractivity contribution is 0.152. The van der Waals surface area contributed by atoms with Crippen LogP contribution in [-0.4, -0.2) is 12.6 Å². The summed E-state index contributed by atoms with van der Waals surface area (Å²) >= 11 is 0.